The first kappa shape index (κ1) is 18.2. The van der Waals surface area contributed by atoms with E-state index in [2.05, 4.69) is 15.1 Å². The Kier molecular flexibility index (Phi) is 4.79. The highest BCUT2D eigenvalue weighted by Crippen LogP contribution is 2.30. The van der Waals surface area contributed by atoms with Crippen molar-refractivity contribution in [2.45, 2.75) is 24.8 Å². The highest BCUT2D eigenvalue weighted by Gasteiger charge is 2.16. The zero-order valence-corrected chi connectivity index (χ0v) is 17.2. The molecule has 0 bridgehead atoms. The monoisotopic (exact) mass is 418 g/mol. The minimum Gasteiger partial charge on any atom is -0.334 e. The molecule has 0 amide bonds. The molecule has 6 nitrogen and oxygen atoms in total. The summed E-state index contributed by atoms with van der Waals surface area (Å²) in [4.78, 5) is 23.6. The second-order valence-electron chi connectivity index (χ2n) is 6.01. The summed E-state index contributed by atoms with van der Waals surface area (Å²) >= 11 is 9.11. The molecule has 9 heteroatoms. The number of benzene rings is 1. The second kappa shape index (κ2) is 7.10. The Labute approximate surface area is 168 Å². The number of hydrogen-bond donors (Lipinski definition) is 0. The Balaban J connectivity index is 1.60. The van der Waals surface area contributed by atoms with E-state index in [0.717, 1.165) is 15.3 Å². The largest absolute Gasteiger partial charge is 0.334 e. The number of thioether (sulfide) groups is 1. The van der Waals surface area contributed by atoms with Crippen molar-refractivity contribution in [1.29, 1.82) is 0 Å². The van der Waals surface area contributed by atoms with Crippen LogP contribution in [0.5, 0.6) is 0 Å². The second-order valence-corrected chi connectivity index (χ2v) is 8.56. The Morgan fingerprint density at radius 2 is 2.04 bits per heavy atom. The Morgan fingerprint density at radius 3 is 2.81 bits per heavy atom. The predicted molar refractivity (Wildman–Crippen MR) is 109 cm³/mol. The molecule has 27 heavy (non-hydrogen) atoms. The Morgan fingerprint density at radius 1 is 1.26 bits per heavy atom. The van der Waals surface area contributed by atoms with Crippen LogP contribution in [-0.2, 0) is 12.8 Å². The van der Waals surface area contributed by atoms with E-state index >= 15 is 0 Å². The lowest BCUT2D eigenvalue weighted by Crippen LogP contribution is -2.19. The summed E-state index contributed by atoms with van der Waals surface area (Å²) in [5.74, 6) is 1.32. The van der Waals surface area contributed by atoms with Gasteiger partial charge in [0.2, 0.25) is 0 Å². The van der Waals surface area contributed by atoms with Gasteiger partial charge < -0.3 is 4.52 Å². The Hall–Kier alpha value is -2.16. The predicted octanol–water partition coefficient (Wildman–Crippen LogP) is 4.61. The van der Waals surface area contributed by atoms with Gasteiger partial charge in [-0.05, 0) is 31.5 Å². The van der Waals surface area contributed by atoms with Gasteiger partial charge in [0.25, 0.3) is 11.4 Å². The minimum absolute atomic E-state index is 0.0331. The molecular formula is C18H15ClN4O2S2. The van der Waals surface area contributed by atoms with Crippen LogP contribution in [-0.4, -0.2) is 19.7 Å². The average molecular weight is 419 g/mol. The number of aromatic nitrogens is 4. The van der Waals surface area contributed by atoms with E-state index in [4.69, 9.17) is 16.1 Å². The van der Waals surface area contributed by atoms with Gasteiger partial charge in [-0.3, -0.25) is 9.36 Å². The standard InChI is InChI=1S/C18H15ClN4O2S2/c1-9-10(2)27-16-14(9)17(24)23(3)18(21-16)26-8-13-20-15(25-22-13)11-6-4-5-7-12(11)19/h4-7H,8H2,1-3H3. The number of hydrogen-bond acceptors (Lipinski definition) is 7. The molecule has 0 radical (unpaired) electrons. The number of nitrogens with zero attached hydrogens (tertiary/aromatic N) is 4. The smallest absolute Gasteiger partial charge is 0.262 e. The summed E-state index contributed by atoms with van der Waals surface area (Å²) in [5, 5.41) is 5.88. The molecular weight excluding hydrogens is 404 g/mol. The molecule has 0 spiro atoms. The summed E-state index contributed by atoms with van der Waals surface area (Å²) in [7, 11) is 1.73. The van der Waals surface area contributed by atoms with Gasteiger partial charge in [0.15, 0.2) is 11.0 Å². The average Bonchev–Trinajstić information content (AvgIpc) is 3.22. The molecule has 0 atom stereocenters. The van der Waals surface area contributed by atoms with Crippen LogP contribution >= 0.6 is 34.7 Å². The van der Waals surface area contributed by atoms with Gasteiger partial charge in [0.05, 0.1) is 21.7 Å². The van der Waals surface area contributed by atoms with Crippen molar-refractivity contribution >= 4 is 44.9 Å². The summed E-state index contributed by atoms with van der Waals surface area (Å²) in [6.07, 6.45) is 0. The number of halogens is 1. The van der Waals surface area contributed by atoms with Crippen LogP contribution in [0.25, 0.3) is 21.7 Å². The van der Waals surface area contributed by atoms with Crippen LogP contribution in [0.4, 0.5) is 0 Å². The minimum atomic E-state index is -0.0331. The van der Waals surface area contributed by atoms with Gasteiger partial charge in [-0.25, -0.2) is 4.98 Å². The van der Waals surface area contributed by atoms with Crippen molar-refractivity contribution in [3.8, 4) is 11.5 Å². The van der Waals surface area contributed by atoms with Gasteiger partial charge >= 0.3 is 0 Å². The third-order valence-corrected chi connectivity index (χ3v) is 6.73. The van der Waals surface area contributed by atoms with Crippen LogP contribution in [0.2, 0.25) is 5.02 Å². The fourth-order valence-corrected chi connectivity index (χ4v) is 4.77. The van der Waals surface area contributed by atoms with Crippen LogP contribution in [0.3, 0.4) is 0 Å². The van der Waals surface area contributed by atoms with Crippen LogP contribution in [0, 0.1) is 13.8 Å². The number of fused-ring (bicyclic) bond motifs is 1. The van der Waals surface area contributed by atoms with E-state index in [0.29, 0.717) is 38.6 Å². The fraction of sp³-hybridized carbons (Fsp3) is 0.222. The first-order valence-corrected chi connectivity index (χ1v) is 10.3. The highest BCUT2D eigenvalue weighted by atomic mass is 35.5. The van der Waals surface area contributed by atoms with Gasteiger partial charge in [-0.2, -0.15) is 4.98 Å². The molecule has 4 rings (SSSR count). The number of rotatable bonds is 4. The molecule has 0 unspecified atom stereocenters. The van der Waals surface area contributed by atoms with Crippen molar-refractivity contribution in [3.63, 3.8) is 0 Å². The van der Waals surface area contributed by atoms with Crippen molar-refractivity contribution in [2.24, 2.45) is 7.05 Å². The molecule has 0 aliphatic carbocycles. The lowest BCUT2D eigenvalue weighted by atomic mass is 10.2. The zero-order valence-electron chi connectivity index (χ0n) is 14.8. The molecule has 138 valence electrons. The Bertz CT molecular complexity index is 1210. The van der Waals surface area contributed by atoms with Gasteiger partial charge in [0, 0.05) is 11.9 Å². The molecule has 0 saturated carbocycles. The van der Waals surface area contributed by atoms with E-state index in [1.54, 1.807) is 17.7 Å². The van der Waals surface area contributed by atoms with Crippen molar-refractivity contribution < 1.29 is 4.52 Å². The molecule has 0 N–H and O–H groups in total. The van der Waals surface area contributed by atoms with E-state index < -0.39 is 0 Å². The van der Waals surface area contributed by atoms with E-state index in [1.807, 2.05) is 32.0 Å². The first-order valence-electron chi connectivity index (χ1n) is 8.12. The maximum absolute atomic E-state index is 12.7. The molecule has 0 aliphatic heterocycles. The molecule has 4 aromatic rings. The van der Waals surface area contributed by atoms with Crippen LogP contribution in [0.15, 0.2) is 38.7 Å². The summed E-state index contributed by atoms with van der Waals surface area (Å²) < 4.78 is 6.89. The van der Waals surface area contributed by atoms with E-state index in [9.17, 15) is 4.79 Å². The zero-order chi connectivity index (χ0) is 19.1. The first-order chi connectivity index (χ1) is 13.0. The van der Waals surface area contributed by atoms with Crippen molar-refractivity contribution in [3.05, 3.63) is 55.9 Å². The molecule has 3 aromatic heterocycles. The summed E-state index contributed by atoms with van der Waals surface area (Å²) in [5.41, 5.74) is 1.66. The van der Waals surface area contributed by atoms with Gasteiger partial charge in [-0.1, -0.05) is 40.7 Å². The van der Waals surface area contributed by atoms with Crippen molar-refractivity contribution in [1.82, 2.24) is 19.7 Å². The molecule has 3 heterocycles. The molecule has 0 fully saturated rings. The molecule has 1 aromatic carbocycles. The maximum Gasteiger partial charge on any atom is 0.262 e. The van der Waals surface area contributed by atoms with Crippen LogP contribution < -0.4 is 5.56 Å². The third-order valence-electron chi connectivity index (χ3n) is 4.27. The lowest BCUT2D eigenvalue weighted by molar-refractivity contribution is 0.425. The molecule has 0 saturated heterocycles. The third kappa shape index (κ3) is 3.28. The molecule has 0 aliphatic rings. The van der Waals surface area contributed by atoms with Gasteiger partial charge in [0.1, 0.15) is 4.83 Å². The maximum atomic E-state index is 12.7. The summed E-state index contributed by atoms with van der Waals surface area (Å²) in [6.45, 7) is 3.96. The quantitative estimate of drug-likeness (QED) is 0.356. The highest BCUT2D eigenvalue weighted by molar-refractivity contribution is 7.98. The van der Waals surface area contributed by atoms with E-state index in [-0.39, 0.29) is 5.56 Å². The fourth-order valence-electron chi connectivity index (χ4n) is 2.67. The number of thiophene rings is 1. The normalized spacial score (nSPS) is 11.4. The lowest BCUT2D eigenvalue weighted by Gasteiger charge is -2.05. The van der Waals surface area contributed by atoms with Crippen molar-refractivity contribution in [2.75, 3.05) is 0 Å². The number of aryl methyl sites for hydroxylation is 2. The van der Waals surface area contributed by atoms with Crippen LogP contribution in [0.1, 0.15) is 16.3 Å². The summed E-state index contributed by atoms with van der Waals surface area (Å²) in [6, 6.07) is 7.30. The topological polar surface area (TPSA) is 73.8 Å². The SMILES string of the molecule is Cc1sc2nc(SCc3noc(-c4ccccc4Cl)n3)n(C)c(=O)c2c1C. The van der Waals surface area contributed by atoms with Gasteiger partial charge in [-0.15, -0.1) is 11.3 Å². The van der Waals surface area contributed by atoms with E-state index in [1.165, 1.54) is 23.1 Å².